The summed E-state index contributed by atoms with van der Waals surface area (Å²) in [5.41, 5.74) is 6.19. The van der Waals surface area contributed by atoms with Crippen molar-refractivity contribution in [3.05, 3.63) is 29.8 Å². The first-order valence-electron chi connectivity index (χ1n) is 6.21. The molecule has 0 spiro atoms. The van der Waals surface area contributed by atoms with Crippen LogP contribution >= 0.6 is 0 Å². The number of hydrogen-bond acceptors (Lipinski definition) is 3. The molecule has 98 valence electrons. The van der Waals surface area contributed by atoms with E-state index < -0.39 is 0 Å². The van der Waals surface area contributed by atoms with Gasteiger partial charge in [-0.3, -0.25) is 14.7 Å². The molecule has 1 amide bonds. The summed E-state index contributed by atoms with van der Waals surface area (Å²) >= 11 is 0. The van der Waals surface area contributed by atoms with E-state index in [9.17, 15) is 9.18 Å². The first-order valence-corrected chi connectivity index (χ1v) is 6.21. The van der Waals surface area contributed by atoms with E-state index in [4.69, 9.17) is 5.73 Å². The molecule has 0 aliphatic carbocycles. The van der Waals surface area contributed by atoms with Crippen molar-refractivity contribution in [2.45, 2.75) is 25.8 Å². The molecule has 2 N–H and O–H groups in total. The van der Waals surface area contributed by atoms with E-state index in [1.165, 1.54) is 12.3 Å². The van der Waals surface area contributed by atoms with E-state index >= 15 is 0 Å². The van der Waals surface area contributed by atoms with E-state index in [0.29, 0.717) is 6.54 Å². The summed E-state index contributed by atoms with van der Waals surface area (Å²) < 4.78 is 13.1. The molecule has 2 rings (SSSR count). The fourth-order valence-electron chi connectivity index (χ4n) is 2.46. The lowest BCUT2D eigenvalue weighted by Gasteiger charge is -2.35. The maximum absolute atomic E-state index is 13.1. The van der Waals surface area contributed by atoms with E-state index in [1.54, 1.807) is 6.20 Å². The fourth-order valence-corrected chi connectivity index (χ4v) is 2.46. The van der Waals surface area contributed by atoms with Crippen LogP contribution in [0, 0.1) is 11.7 Å². The predicted octanol–water partition coefficient (Wildman–Crippen LogP) is 1.48. The Morgan fingerprint density at radius 2 is 2.39 bits per heavy atom. The molecule has 1 fully saturated rings. The van der Waals surface area contributed by atoms with Gasteiger partial charge < -0.3 is 5.73 Å². The summed E-state index contributed by atoms with van der Waals surface area (Å²) in [5.74, 6) is -0.671. The molecule has 1 aromatic heterocycles. The molecule has 1 aliphatic heterocycles. The highest BCUT2D eigenvalue weighted by Crippen LogP contribution is 2.26. The molecule has 1 aromatic rings. The normalized spacial score (nSPS) is 22.7. The summed E-state index contributed by atoms with van der Waals surface area (Å²) in [4.78, 5) is 17.3. The molecule has 0 radical (unpaired) electrons. The van der Waals surface area contributed by atoms with Gasteiger partial charge in [-0.05, 0) is 37.9 Å². The Morgan fingerprint density at radius 3 is 3.06 bits per heavy atom. The molecule has 5 heteroatoms. The Morgan fingerprint density at radius 1 is 1.61 bits per heavy atom. The highest BCUT2D eigenvalue weighted by molar-refractivity contribution is 5.76. The van der Waals surface area contributed by atoms with Crippen molar-refractivity contribution < 1.29 is 9.18 Å². The monoisotopic (exact) mass is 251 g/mol. The second-order valence-electron chi connectivity index (χ2n) is 4.85. The number of primary amides is 1. The van der Waals surface area contributed by atoms with Crippen molar-refractivity contribution in [3.8, 4) is 0 Å². The molecule has 0 bridgehead atoms. The van der Waals surface area contributed by atoms with Gasteiger partial charge in [0.25, 0.3) is 0 Å². The van der Waals surface area contributed by atoms with Gasteiger partial charge in [-0.1, -0.05) is 0 Å². The Balaban J connectivity index is 2.09. The largest absolute Gasteiger partial charge is 0.369 e. The predicted molar refractivity (Wildman–Crippen MR) is 66.1 cm³/mol. The quantitative estimate of drug-likeness (QED) is 0.885. The molecular weight excluding hydrogens is 233 g/mol. The van der Waals surface area contributed by atoms with Gasteiger partial charge in [0, 0.05) is 18.8 Å². The summed E-state index contributed by atoms with van der Waals surface area (Å²) in [6.45, 7) is 3.55. The Kier molecular flexibility index (Phi) is 3.91. The number of aromatic nitrogens is 1. The zero-order valence-corrected chi connectivity index (χ0v) is 10.5. The van der Waals surface area contributed by atoms with Crippen LogP contribution in [-0.4, -0.2) is 28.9 Å². The van der Waals surface area contributed by atoms with Gasteiger partial charge in [0.1, 0.15) is 5.82 Å². The number of carbonyl (C=O) groups is 1. The number of rotatable bonds is 3. The smallest absolute Gasteiger partial charge is 0.221 e. The molecule has 18 heavy (non-hydrogen) atoms. The molecule has 4 nitrogen and oxygen atoms in total. The van der Waals surface area contributed by atoms with E-state index in [0.717, 1.165) is 24.9 Å². The van der Waals surface area contributed by atoms with Gasteiger partial charge in [-0.2, -0.15) is 0 Å². The van der Waals surface area contributed by atoms with Crippen LogP contribution in [0.3, 0.4) is 0 Å². The molecule has 2 heterocycles. The number of nitrogens with zero attached hydrogens (tertiary/aromatic N) is 2. The molecular formula is C13H18FN3O. The molecule has 0 saturated carbocycles. The highest BCUT2D eigenvalue weighted by Gasteiger charge is 2.27. The number of amides is 1. The SMILES string of the molecule is C[C@H](c1cncc(F)c1)N1CCC[C@H](C(N)=O)C1. The fraction of sp³-hybridized carbons (Fsp3) is 0.538. The third-order valence-electron chi connectivity index (χ3n) is 3.61. The van der Waals surface area contributed by atoms with E-state index in [2.05, 4.69) is 9.88 Å². The van der Waals surface area contributed by atoms with Gasteiger partial charge in [0.05, 0.1) is 12.1 Å². The van der Waals surface area contributed by atoms with Crippen molar-refractivity contribution in [2.75, 3.05) is 13.1 Å². The minimum absolute atomic E-state index is 0.0512. The zero-order chi connectivity index (χ0) is 13.1. The number of likely N-dealkylation sites (tertiary alicyclic amines) is 1. The van der Waals surface area contributed by atoms with Crippen LogP contribution in [-0.2, 0) is 4.79 Å². The van der Waals surface area contributed by atoms with E-state index in [-0.39, 0.29) is 23.7 Å². The third-order valence-corrected chi connectivity index (χ3v) is 3.61. The minimum atomic E-state index is -0.331. The Bertz CT molecular complexity index is 438. The lowest BCUT2D eigenvalue weighted by atomic mass is 9.95. The molecule has 0 unspecified atom stereocenters. The van der Waals surface area contributed by atoms with Crippen molar-refractivity contribution in [3.63, 3.8) is 0 Å². The average molecular weight is 251 g/mol. The maximum atomic E-state index is 13.1. The second-order valence-corrected chi connectivity index (χ2v) is 4.85. The van der Waals surface area contributed by atoms with Crippen molar-refractivity contribution in [1.29, 1.82) is 0 Å². The first kappa shape index (κ1) is 13.0. The lowest BCUT2D eigenvalue weighted by Crippen LogP contribution is -2.42. The van der Waals surface area contributed by atoms with Crippen LogP contribution in [0.2, 0.25) is 0 Å². The summed E-state index contributed by atoms with van der Waals surface area (Å²) in [7, 11) is 0. The van der Waals surface area contributed by atoms with Gasteiger partial charge in [-0.25, -0.2) is 4.39 Å². The van der Waals surface area contributed by atoms with Crippen molar-refractivity contribution >= 4 is 5.91 Å². The molecule has 0 aromatic carbocycles. The number of halogens is 1. The second kappa shape index (κ2) is 5.44. The number of nitrogens with two attached hydrogens (primary N) is 1. The number of carbonyl (C=O) groups excluding carboxylic acids is 1. The van der Waals surface area contributed by atoms with Crippen LogP contribution in [0.25, 0.3) is 0 Å². The summed E-state index contributed by atoms with van der Waals surface area (Å²) in [6, 6.07) is 1.54. The van der Waals surface area contributed by atoms with Crippen LogP contribution in [0.4, 0.5) is 4.39 Å². The van der Waals surface area contributed by atoms with Crippen LogP contribution in [0.5, 0.6) is 0 Å². The average Bonchev–Trinajstić information content (AvgIpc) is 2.38. The number of hydrogen-bond donors (Lipinski definition) is 1. The van der Waals surface area contributed by atoms with Gasteiger partial charge >= 0.3 is 0 Å². The minimum Gasteiger partial charge on any atom is -0.369 e. The topological polar surface area (TPSA) is 59.2 Å². The molecule has 1 aliphatic rings. The zero-order valence-electron chi connectivity index (χ0n) is 10.5. The standard InChI is InChI=1S/C13H18FN3O/c1-9(11-5-12(14)7-16-6-11)17-4-2-3-10(8-17)13(15)18/h5-7,9-10H,2-4,8H2,1H3,(H2,15,18)/t9-,10+/m1/s1. The first-order chi connectivity index (χ1) is 8.58. The van der Waals surface area contributed by atoms with Crippen molar-refractivity contribution in [2.24, 2.45) is 11.7 Å². The van der Waals surface area contributed by atoms with Crippen molar-refractivity contribution in [1.82, 2.24) is 9.88 Å². The van der Waals surface area contributed by atoms with Gasteiger partial charge in [0.2, 0.25) is 5.91 Å². The number of pyridine rings is 1. The summed E-state index contributed by atoms with van der Waals surface area (Å²) in [6.07, 6.45) is 4.65. The van der Waals surface area contributed by atoms with Crippen LogP contribution < -0.4 is 5.73 Å². The third kappa shape index (κ3) is 2.85. The molecule has 2 atom stereocenters. The highest BCUT2D eigenvalue weighted by atomic mass is 19.1. The van der Waals surface area contributed by atoms with Crippen LogP contribution in [0.15, 0.2) is 18.5 Å². The molecule has 1 saturated heterocycles. The van der Waals surface area contributed by atoms with Gasteiger partial charge in [0.15, 0.2) is 0 Å². The Hall–Kier alpha value is -1.49. The van der Waals surface area contributed by atoms with E-state index in [1.807, 2.05) is 6.92 Å². The van der Waals surface area contributed by atoms with Gasteiger partial charge in [-0.15, -0.1) is 0 Å². The lowest BCUT2D eigenvalue weighted by molar-refractivity contribution is -0.123. The Labute approximate surface area is 106 Å². The van der Waals surface area contributed by atoms with Crippen LogP contribution in [0.1, 0.15) is 31.4 Å². The summed E-state index contributed by atoms with van der Waals surface area (Å²) in [5, 5.41) is 0. The maximum Gasteiger partial charge on any atom is 0.221 e. The number of piperidine rings is 1.